The SMILES string of the molecule is CCc1ccccc1NC(=O)NCCn1cnc(C)cc1=O. The van der Waals surface area contributed by atoms with Gasteiger partial charge < -0.3 is 10.6 Å². The molecule has 116 valence electrons. The predicted molar refractivity (Wildman–Crippen MR) is 86.1 cm³/mol. The van der Waals surface area contributed by atoms with E-state index in [1.54, 1.807) is 6.92 Å². The average Bonchev–Trinajstić information content (AvgIpc) is 2.50. The first kappa shape index (κ1) is 15.8. The number of benzene rings is 1. The van der Waals surface area contributed by atoms with Crippen LogP contribution in [0.2, 0.25) is 0 Å². The number of amides is 2. The van der Waals surface area contributed by atoms with E-state index in [0.29, 0.717) is 18.8 Å². The van der Waals surface area contributed by atoms with Gasteiger partial charge in [-0.3, -0.25) is 9.36 Å². The van der Waals surface area contributed by atoms with Crippen molar-refractivity contribution in [2.45, 2.75) is 26.8 Å². The number of aromatic nitrogens is 2. The van der Waals surface area contributed by atoms with Crippen molar-refractivity contribution in [2.75, 3.05) is 11.9 Å². The zero-order valence-electron chi connectivity index (χ0n) is 12.8. The number of anilines is 1. The average molecular weight is 300 g/mol. The first-order valence-electron chi connectivity index (χ1n) is 7.26. The van der Waals surface area contributed by atoms with Crippen LogP contribution in [0.3, 0.4) is 0 Å². The highest BCUT2D eigenvalue weighted by molar-refractivity contribution is 5.90. The molecule has 2 aromatic rings. The molecule has 0 saturated heterocycles. The molecule has 1 heterocycles. The van der Waals surface area contributed by atoms with Crippen LogP contribution in [0.5, 0.6) is 0 Å². The highest BCUT2D eigenvalue weighted by atomic mass is 16.2. The van der Waals surface area contributed by atoms with Crippen LogP contribution < -0.4 is 16.2 Å². The lowest BCUT2D eigenvalue weighted by Gasteiger charge is -2.11. The zero-order valence-corrected chi connectivity index (χ0v) is 12.8. The van der Waals surface area contributed by atoms with E-state index < -0.39 is 0 Å². The zero-order chi connectivity index (χ0) is 15.9. The fourth-order valence-electron chi connectivity index (χ4n) is 2.09. The lowest BCUT2D eigenvalue weighted by molar-refractivity contribution is 0.251. The highest BCUT2D eigenvalue weighted by Crippen LogP contribution is 2.14. The molecular formula is C16H20N4O2. The van der Waals surface area contributed by atoms with Gasteiger partial charge in [0.15, 0.2) is 0 Å². The Morgan fingerprint density at radius 3 is 2.82 bits per heavy atom. The number of nitrogens with zero attached hydrogens (tertiary/aromatic N) is 2. The number of nitrogens with one attached hydrogen (secondary N) is 2. The Morgan fingerprint density at radius 2 is 2.09 bits per heavy atom. The lowest BCUT2D eigenvalue weighted by Crippen LogP contribution is -2.34. The molecule has 0 spiro atoms. The third kappa shape index (κ3) is 4.18. The molecule has 0 aliphatic rings. The van der Waals surface area contributed by atoms with Crippen molar-refractivity contribution in [1.82, 2.24) is 14.9 Å². The van der Waals surface area contributed by atoms with E-state index in [9.17, 15) is 9.59 Å². The fraction of sp³-hybridized carbons (Fsp3) is 0.312. The summed E-state index contributed by atoms with van der Waals surface area (Å²) in [4.78, 5) is 27.6. The van der Waals surface area contributed by atoms with E-state index in [4.69, 9.17) is 0 Å². The molecule has 0 saturated carbocycles. The number of hydrogen-bond acceptors (Lipinski definition) is 3. The molecule has 1 aromatic heterocycles. The largest absolute Gasteiger partial charge is 0.336 e. The van der Waals surface area contributed by atoms with Crippen LogP contribution in [-0.2, 0) is 13.0 Å². The molecule has 0 radical (unpaired) electrons. The van der Waals surface area contributed by atoms with Crippen LogP contribution in [0.15, 0.2) is 41.5 Å². The minimum absolute atomic E-state index is 0.119. The maximum absolute atomic E-state index is 11.9. The van der Waals surface area contributed by atoms with Gasteiger partial charge in [0.05, 0.1) is 6.33 Å². The topological polar surface area (TPSA) is 76.0 Å². The summed E-state index contributed by atoms with van der Waals surface area (Å²) in [6, 6.07) is 8.86. The highest BCUT2D eigenvalue weighted by Gasteiger charge is 2.05. The standard InChI is InChI=1S/C16H20N4O2/c1-3-13-6-4-5-7-14(13)19-16(22)17-8-9-20-11-18-12(2)10-15(20)21/h4-7,10-11H,3,8-9H2,1-2H3,(H2,17,19,22). The Labute approximate surface area is 129 Å². The summed E-state index contributed by atoms with van der Waals surface area (Å²) in [5, 5.41) is 5.55. The second-order valence-corrected chi connectivity index (χ2v) is 4.95. The van der Waals surface area contributed by atoms with Gasteiger partial charge >= 0.3 is 6.03 Å². The Balaban J connectivity index is 1.87. The summed E-state index contributed by atoms with van der Waals surface area (Å²) < 4.78 is 1.47. The van der Waals surface area contributed by atoms with Crippen molar-refractivity contribution in [3.05, 3.63) is 58.3 Å². The van der Waals surface area contributed by atoms with Crippen LogP contribution in [0.4, 0.5) is 10.5 Å². The van der Waals surface area contributed by atoms with Gasteiger partial charge in [-0.2, -0.15) is 0 Å². The number of rotatable bonds is 5. The molecule has 0 unspecified atom stereocenters. The molecule has 6 nitrogen and oxygen atoms in total. The molecule has 6 heteroatoms. The summed E-state index contributed by atoms with van der Waals surface area (Å²) in [6.07, 6.45) is 2.34. The smallest absolute Gasteiger partial charge is 0.319 e. The first-order valence-corrected chi connectivity index (χ1v) is 7.26. The van der Waals surface area contributed by atoms with E-state index in [0.717, 1.165) is 17.7 Å². The minimum Gasteiger partial charge on any atom is -0.336 e. The minimum atomic E-state index is -0.283. The monoisotopic (exact) mass is 300 g/mol. The van der Waals surface area contributed by atoms with E-state index in [1.165, 1.54) is 17.0 Å². The molecule has 0 aliphatic carbocycles. The van der Waals surface area contributed by atoms with E-state index in [1.807, 2.05) is 31.2 Å². The molecule has 2 rings (SSSR count). The van der Waals surface area contributed by atoms with Gasteiger partial charge in [0, 0.05) is 30.5 Å². The molecule has 2 N–H and O–H groups in total. The number of carbonyl (C=O) groups is 1. The normalized spacial score (nSPS) is 10.3. The number of aryl methyl sites for hydroxylation is 2. The number of para-hydroxylation sites is 1. The van der Waals surface area contributed by atoms with Gasteiger partial charge in [0.1, 0.15) is 0 Å². The maximum atomic E-state index is 11.9. The molecule has 22 heavy (non-hydrogen) atoms. The quantitative estimate of drug-likeness (QED) is 0.886. The van der Waals surface area contributed by atoms with Crippen molar-refractivity contribution in [1.29, 1.82) is 0 Å². The molecule has 0 atom stereocenters. The number of carbonyl (C=O) groups excluding carboxylic acids is 1. The van der Waals surface area contributed by atoms with Crippen LogP contribution >= 0.6 is 0 Å². The van der Waals surface area contributed by atoms with Crippen molar-refractivity contribution in [3.63, 3.8) is 0 Å². The van der Waals surface area contributed by atoms with Crippen LogP contribution in [0.25, 0.3) is 0 Å². The van der Waals surface area contributed by atoms with Gasteiger partial charge in [-0.05, 0) is 25.0 Å². The predicted octanol–water partition coefficient (Wildman–Crippen LogP) is 1.94. The van der Waals surface area contributed by atoms with Crippen molar-refractivity contribution in [3.8, 4) is 0 Å². The fourth-order valence-corrected chi connectivity index (χ4v) is 2.09. The maximum Gasteiger partial charge on any atom is 0.319 e. The summed E-state index contributed by atoms with van der Waals surface area (Å²) in [5.74, 6) is 0. The van der Waals surface area contributed by atoms with Gasteiger partial charge in [0.25, 0.3) is 5.56 Å². The van der Waals surface area contributed by atoms with E-state index >= 15 is 0 Å². The Morgan fingerprint density at radius 1 is 1.32 bits per heavy atom. The van der Waals surface area contributed by atoms with E-state index in [2.05, 4.69) is 15.6 Å². The van der Waals surface area contributed by atoms with Crippen LogP contribution in [0, 0.1) is 6.92 Å². The van der Waals surface area contributed by atoms with Gasteiger partial charge in [-0.1, -0.05) is 25.1 Å². The summed E-state index contributed by atoms with van der Waals surface area (Å²) >= 11 is 0. The molecule has 2 amide bonds. The Hall–Kier alpha value is -2.63. The van der Waals surface area contributed by atoms with Gasteiger partial charge in [0.2, 0.25) is 0 Å². The summed E-state index contributed by atoms with van der Waals surface area (Å²) in [5.41, 5.74) is 2.45. The van der Waals surface area contributed by atoms with Crippen LogP contribution in [-0.4, -0.2) is 22.1 Å². The van der Waals surface area contributed by atoms with Gasteiger partial charge in [-0.15, -0.1) is 0 Å². The third-order valence-corrected chi connectivity index (χ3v) is 3.30. The molecule has 1 aromatic carbocycles. The summed E-state index contributed by atoms with van der Waals surface area (Å²) in [6.45, 7) is 4.54. The molecule has 0 aliphatic heterocycles. The van der Waals surface area contributed by atoms with Crippen LogP contribution in [0.1, 0.15) is 18.2 Å². The van der Waals surface area contributed by atoms with Crippen molar-refractivity contribution >= 4 is 11.7 Å². The summed E-state index contributed by atoms with van der Waals surface area (Å²) in [7, 11) is 0. The number of urea groups is 1. The Bertz CT molecular complexity index is 709. The second kappa shape index (κ2) is 7.40. The molecule has 0 bridgehead atoms. The van der Waals surface area contributed by atoms with Gasteiger partial charge in [-0.25, -0.2) is 9.78 Å². The van der Waals surface area contributed by atoms with Crippen molar-refractivity contribution in [2.24, 2.45) is 0 Å². The second-order valence-electron chi connectivity index (χ2n) is 4.95. The third-order valence-electron chi connectivity index (χ3n) is 3.30. The number of hydrogen-bond donors (Lipinski definition) is 2. The van der Waals surface area contributed by atoms with E-state index in [-0.39, 0.29) is 11.6 Å². The Kier molecular flexibility index (Phi) is 5.30. The molecular weight excluding hydrogens is 280 g/mol. The lowest BCUT2D eigenvalue weighted by atomic mass is 10.1. The first-order chi connectivity index (χ1) is 10.6. The van der Waals surface area contributed by atoms with Crippen molar-refractivity contribution < 1.29 is 4.79 Å². The molecule has 0 fully saturated rings.